The normalized spacial score (nSPS) is 33.6. The third-order valence-corrected chi connectivity index (χ3v) is 4.09. The summed E-state index contributed by atoms with van der Waals surface area (Å²) in [6, 6.07) is 1.93. The van der Waals surface area contributed by atoms with Gasteiger partial charge in [-0.05, 0) is 32.7 Å². The van der Waals surface area contributed by atoms with Gasteiger partial charge in [0, 0.05) is 30.4 Å². The van der Waals surface area contributed by atoms with E-state index in [0.29, 0.717) is 18.1 Å². The van der Waals surface area contributed by atoms with Crippen molar-refractivity contribution in [2.24, 2.45) is 0 Å². The van der Waals surface area contributed by atoms with Gasteiger partial charge in [0.25, 0.3) is 0 Å². The van der Waals surface area contributed by atoms with Crippen LogP contribution in [0.3, 0.4) is 0 Å². The molecule has 0 aromatic heterocycles. The van der Waals surface area contributed by atoms with E-state index >= 15 is 0 Å². The van der Waals surface area contributed by atoms with Crippen LogP contribution in [0.2, 0.25) is 0 Å². The summed E-state index contributed by atoms with van der Waals surface area (Å²) in [7, 11) is 3.64. The zero-order valence-corrected chi connectivity index (χ0v) is 10.7. The SMILES string of the molecule is COC(=O)/C=C/NC1CC2CCCC(C1)N2C. The van der Waals surface area contributed by atoms with Crippen LogP contribution in [0, 0.1) is 0 Å². The molecule has 2 aliphatic rings. The monoisotopic (exact) mass is 238 g/mol. The summed E-state index contributed by atoms with van der Waals surface area (Å²) >= 11 is 0. The number of esters is 1. The summed E-state index contributed by atoms with van der Waals surface area (Å²) in [5.41, 5.74) is 0. The molecule has 2 aliphatic heterocycles. The molecule has 2 rings (SSSR count). The zero-order chi connectivity index (χ0) is 12.3. The lowest BCUT2D eigenvalue weighted by Gasteiger charge is -2.47. The molecule has 1 N–H and O–H groups in total. The maximum atomic E-state index is 10.9. The molecular weight excluding hydrogens is 216 g/mol. The number of rotatable bonds is 3. The quantitative estimate of drug-likeness (QED) is 0.594. The van der Waals surface area contributed by atoms with E-state index in [1.54, 1.807) is 6.20 Å². The number of hydrogen-bond donors (Lipinski definition) is 1. The Morgan fingerprint density at radius 1 is 1.35 bits per heavy atom. The first kappa shape index (κ1) is 12.4. The molecule has 0 aromatic rings. The lowest BCUT2D eigenvalue weighted by molar-refractivity contribution is -0.134. The Morgan fingerprint density at radius 2 is 2.00 bits per heavy atom. The van der Waals surface area contributed by atoms with Gasteiger partial charge in [0.05, 0.1) is 7.11 Å². The first-order valence-electron chi connectivity index (χ1n) is 6.43. The second-order valence-corrected chi connectivity index (χ2v) is 5.10. The van der Waals surface area contributed by atoms with Gasteiger partial charge in [-0.25, -0.2) is 4.79 Å². The Hall–Kier alpha value is -1.03. The van der Waals surface area contributed by atoms with Crippen LogP contribution in [-0.2, 0) is 9.53 Å². The number of carbonyl (C=O) groups excluding carboxylic acids is 1. The van der Waals surface area contributed by atoms with E-state index in [0.717, 1.165) is 0 Å². The largest absolute Gasteiger partial charge is 0.466 e. The maximum absolute atomic E-state index is 10.9. The average molecular weight is 238 g/mol. The smallest absolute Gasteiger partial charge is 0.331 e. The predicted octanol–water partition coefficient (Wildman–Crippen LogP) is 1.28. The molecule has 17 heavy (non-hydrogen) atoms. The third-order valence-electron chi connectivity index (χ3n) is 4.09. The highest BCUT2D eigenvalue weighted by Gasteiger charge is 2.35. The maximum Gasteiger partial charge on any atom is 0.331 e. The number of carbonyl (C=O) groups is 1. The zero-order valence-electron chi connectivity index (χ0n) is 10.7. The molecule has 2 unspecified atom stereocenters. The Morgan fingerprint density at radius 3 is 2.59 bits per heavy atom. The highest BCUT2D eigenvalue weighted by molar-refractivity contribution is 5.81. The molecule has 2 atom stereocenters. The summed E-state index contributed by atoms with van der Waals surface area (Å²) in [4.78, 5) is 13.5. The van der Waals surface area contributed by atoms with E-state index in [-0.39, 0.29) is 5.97 Å². The first-order valence-corrected chi connectivity index (χ1v) is 6.43. The molecular formula is C13H22N2O2. The molecule has 0 radical (unpaired) electrons. The van der Waals surface area contributed by atoms with Gasteiger partial charge < -0.3 is 15.0 Å². The van der Waals surface area contributed by atoms with Crippen molar-refractivity contribution in [1.29, 1.82) is 0 Å². The Balaban J connectivity index is 1.83. The number of methoxy groups -OCH3 is 1. The van der Waals surface area contributed by atoms with Crippen molar-refractivity contribution in [2.45, 2.75) is 50.2 Å². The van der Waals surface area contributed by atoms with Crippen molar-refractivity contribution in [3.8, 4) is 0 Å². The predicted molar refractivity (Wildman–Crippen MR) is 66.5 cm³/mol. The highest BCUT2D eigenvalue weighted by Crippen LogP contribution is 2.32. The Bertz CT molecular complexity index is 290. The molecule has 0 spiro atoms. The van der Waals surface area contributed by atoms with Gasteiger partial charge in [-0.1, -0.05) is 6.42 Å². The summed E-state index contributed by atoms with van der Waals surface area (Å²) in [6.07, 6.45) is 9.53. The molecule has 4 nitrogen and oxygen atoms in total. The van der Waals surface area contributed by atoms with Gasteiger partial charge >= 0.3 is 5.97 Å². The van der Waals surface area contributed by atoms with Crippen LogP contribution in [0.25, 0.3) is 0 Å². The van der Waals surface area contributed by atoms with Crippen molar-refractivity contribution in [2.75, 3.05) is 14.2 Å². The summed E-state index contributed by atoms with van der Waals surface area (Å²) in [5.74, 6) is -0.300. The van der Waals surface area contributed by atoms with Crippen LogP contribution >= 0.6 is 0 Å². The fourth-order valence-electron chi connectivity index (χ4n) is 3.07. The van der Waals surface area contributed by atoms with Crippen molar-refractivity contribution in [1.82, 2.24) is 10.2 Å². The van der Waals surface area contributed by atoms with Crippen LogP contribution in [-0.4, -0.2) is 43.2 Å². The van der Waals surface area contributed by atoms with Crippen molar-refractivity contribution >= 4 is 5.97 Å². The summed E-state index contributed by atoms with van der Waals surface area (Å²) in [5, 5.41) is 3.33. The number of nitrogens with zero attached hydrogens (tertiary/aromatic N) is 1. The minimum absolute atomic E-state index is 0.300. The molecule has 96 valence electrons. The second-order valence-electron chi connectivity index (χ2n) is 5.10. The number of hydrogen-bond acceptors (Lipinski definition) is 4. The van der Waals surface area contributed by atoms with Gasteiger partial charge in [-0.3, -0.25) is 0 Å². The average Bonchev–Trinajstić information content (AvgIpc) is 2.30. The van der Waals surface area contributed by atoms with E-state index in [1.165, 1.54) is 45.3 Å². The van der Waals surface area contributed by atoms with Gasteiger partial charge in [0.2, 0.25) is 0 Å². The fourth-order valence-corrected chi connectivity index (χ4v) is 3.07. The van der Waals surface area contributed by atoms with Crippen LogP contribution in [0.5, 0.6) is 0 Å². The molecule has 0 amide bonds. The fraction of sp³-hybridized carbons (Fsp3) is 0.769. The number of fused-ring (bicyclic) bond motifs is 2. The molecule has 2 saturated heterocycles. The van der Waals surface area contributed by atoms with Gasteiger partial charge in [0.15, 0.2) is 0 Å². The number of piperidine rings is 2. The minimum atomic E-state index is -0.300. The van der Waals surface area contributed by atoms with Crippen molar-refractivity contribution in [3.05, 3.63) is 12.3 Å². The van der Waals surface area contributed by atoms with Crippen LogP contribution in [0.4, 0.5) is 0 Å². The lowest BCUT2D eigenvalue weighted by Crippen LogP contribution is -2.53. The van der Waals surface area contributed by atoms with Crippen LogP contribution in [0.1, 0.15) is 32.1 Å². The molecule has 2 fully saturated rings. The summed E-state index contributed by atoms with van der Waals surface area (Å²) < 4.78 is 4.56. The molecule has 2 heterocycles. The first-order chi connectivity index (χ1) is 8.20. The highest BCUT2D eigenvalue weighted by atomic mass is 16.5. The van der Waals surface area contributed by atoms with E-state index < -0.39 is 0 Å². The van der Waals surface area contributed by atoms with Gasteiger partial charge in [-0.2, -0.15) is 0 Å². The molecule has 0 saturated carbocycles. The molecule has 4 heteroatoms. The van der Waals surface area contributed by atoms with Crippen LogP contribution < -0.4 is 5.32 Å². The Kier molecular flexibility index (Phi) is 4.05. The van der Waals surface area contributed by atoms with Gasteiger partial charge in [-0.15, -0.1) is 0 Å². The number of ether oxygens (including phenoxy) is 1. The third kappa shape index (κ3) is 3.00. The molecule has 0 aliphatic carbocycles. The van der Waals surface area contributed by atoms with E-state index in [4.69, 9.17) is 0 Å². The standard InChI is InChI=1S/C13H22N2O2/c1-15-11-4-3-5-12(15)9-10(8-11)14-7-6-13(16)17-2/h6-7,10-12,14H,3-5,8-9H2,1-2H3/b7-6+. The second kappa shape index (κ2) is 5.54. The van der Waals surface area contributed by atoms with Gasteiger partial charge in [0.1, 0.15) is 0 Å². The topological polar surface area (TPSA) is 41.6 Å². The molecule has 0 aromatic carbocycles. The van der Waals surface area contributed by atoms with E-state index in [9.17, 15) is 4.79 Å². The Labute approximate surface area is 103 Å². The van der Waals surface area contributed by atoms with E-state index in [2.05, 4.69) is 22.0 Å². The van der Waals surface area contributed by atoms with E-state index in [1.807, 2.05) is 0 Å². The van der Waals surface area contributed by atoms with Crippen LogP contribution in [0.15, 0.2) is 12.3 Å². The summed E-state index contributed by atoms with van der Waals surface area (Å²) in [6.45, 7) is 0. The van der Waals surface area contributed by atoms with Crippen molar-refractivity contribution in [3.63, 3.8) is 0 Å². The minimum Gasteiger partial charge on any atom is -0.466 e. The lowest BCUT2D eigenvalue weighted by atomic mass is 9.82. The molecule has 2 bridgehead atoms. The number of nitrogens with one attached hydrogen (secondary N) is 1. The van der Waals surface area contributed by atoms with Crippen molar-refractivity contribution < 1.29 is 9.53 Å².